The van der Waals surface area contributed by atoms with Crippen molar-refractivity contribution in [3.8, 4) is 22.5 Å². The number of nitrogens with one attached hydrogen (secondary N) is 1. The average molecular weight is 351 g/mol. The predicted octanol–water partition coefficient (Wildman–Crippen LogP) is 5.32. The molecule has 0 bridgehead atoms. The van der Waals surface area contributed by atoms with Crippen LogP contribution in [0.3, 0.4) is 0 Å². The number of rotatable bonds is 4. The summed E-state index contributed by atoms with van der Waals surface area (Å²) in [6.07, 6.45) is 0. The molecule has 0 unspecified atom stereocenters. The quantitative estimate of drug-likeness (QED) is 0.506. The number of hydrogen-bond donors (Lipinski definition) is 1. The van der Waals surface area contributed by atoms with Crippen molar-refractivity contribution in [1.29, 1.82) is 5.41 Å². The molecule has 0 saturated heterocycles. The van der Waals surface area contributed by atoms with E-state index in [0.29, 0.717) is 16.9 Å². The fourth-order valence-corrected chi connectivity index (χ4v) is 3.07. The molecule has 0 atom stereocenters. The summed E-state index contributed by atoms with van der Waals surface area (Å²) in [5, 5.41) is 8.44. The molecular weight excluding hydrogens is 334 g/mol. The predicted molar refractivity (Wildman–Crippen MR) is 105 cm³/mol. The summed E-state index contributed by atoms with van der Waals surface area (Å²) < 4.78 is 5.75. The van der Waals surface area contributed by atoms with Crippen LogP contribution in [0, 0.1) is 5.41 Å². The zero-order chi connectivity index (χ0) is 18.6. The topological polar surface area (TPSA) is 54.1 Å². The highest BCUT2D eigenvalue weighted by molar-refractivity contribution is 6.12. The molecule has 0 aliphatic rings. The third kappa shape index (κ3) is 3.35. The van der Waals surface area contributed by atoms with E-state index in [-0.39, 0.29) is 16.9 Å². The number of carbonyl (C=O) groups is 1. The molecule has 0 aliphatic carbocycles. The molecule has 3 heteroatoms. The molecule has 0 radical (unpaired) electrons. The highest BCUT2D eigenvalue weighted by Gasteiger charge is 2.20. The van der Waals surface area contributed by atoms with E-state index in [9.17, 15) is 4.79 Å². The Morgan fingerprint density at radius 3 is 1.81 bits per heavy atom. The van der Waals surface area contributed by atoms with E-state index in [4.69, 9.17) is 9.83 Å². The van der Waals surface area contributed by atoms with E-state index in [2.05, 4.69) is 0 Å². The van der Waals surface area contributed by atoms with Crippen LogP contribution < -0.4 is 5.55 Å². The second kappa shape index (κ2) is 7.26. The van der Waals surface area contributed by atoms with Crippen LogP contribution in [-0.2, 0) is 0 Å². The molecule has 0 fully saturated rings. The summed E-state index contributed by atoms with van der Waals surface area (Å²) >= 11 is 0. The summed E-state index contributed by atoms with van der Waals surface area (Å²) in [4.78, 5) is 13.1. The minimum atomic E-state index is -0.220. The lowest BCUT2D eigenvalue weighted by Crippen LogP contribution is -2.17. The van der Waals surface area contributed by atoms with E-state index in [1.807, 2.05) is 84.9 Å². The molecule has 4 aromatic rings. The molecule has 4 rings (SSSR count). The van der Waals surface area contributed by atoms with Crippen molar-refractivity contribution in [1.82, 2.24) is 0 Å². The van der Waals surface area contributed by atoms with Gasteiger partial charge in [-0.2, -0.15) is 0 Å². The van der Waals surface area contributed by atoms with E-state index in [1.165, 1.54) is 0 Å². The molecular formula is C24H17NO2. The Morgan fingerprint density at radius 2 is 1.22 bits per heavy atom. The van der Waals surface area contributed by atoms with E-state index in [1.54, 1.807) is 12.1 Å². The van der Waals surface area contributed by atoms with Crippen molar-refractivity contribution in [2.75, 3.05) is 0 Å². The molecule has 0 saturated carbocycles. The maximum atomic E-state index is 13.1. The Hall–Kier alpha value is -3.72. The first-order chi connectivity index (χ1) is 13.2. The van der Waals surface area contributed by atoms with Crippen molar-refractivity contribution in [2.45, 2.75) is 0 Å². The zero-order valence-electron chi connectivity index (χ0n) is 14.6. The lowest BCUT2D eigenvalue weighted by atomic mass is 9.94. The third-order valence-corrected chi connectivity index (χ3v) is 4.39. The van der Waals surface area contributed by atoms with E-state index < -0.39 is 0 Å². The third-order valence-electron chi connectivity index (χ3n) is 4.39. The maximum absolute atomic E-state index is 13.1. The van der Waals surface area contributed by atoms with Gasteiger partial charge in [-0.05, 0) is 11.6 Å². The first-order valence-electron chi connectivity index (χ1n) is 8.67. The minimum Gasteiger partial charge on any atom is -0.438 e. The first-order valence-corrected chi connectivity index (χ1v) is 8.67. The van der Waals surface area contributed by atoms with Crippen LogP contribution in [0.1, 0.15) is 15.9 Å². The van der Waals surface area contributed by atoms with Crippen molar-refractivity contribution < 1.29 is 9.21 Å². The average Bonchev–Trinajstić information content (AvgIpc) is 2.74. The van der Waals surface area contributed by atoms with Gasteiger partial charge in [-0.15, -0.1) is 0 Å². The van der Waals surface area contributed by atoms with Gasteiger partial charge in [0.1, 0.15) is 5.76 Å². The van der Waals surface area contributed by atoms with Crippen LogP contribution in [0.5, 0.6) is 0 Å². The lowest BCUT2D eigenvalue weighted by molar-refractivity contribution is 0.103. The molecule has 27 heavy (non-hydrogen) atoms. The minimum absolute atomic E-state index is 0.135. The van der Waals surface area contributed by atoms with Gasteiger partial charge in [0.05, 0.1) is 5.56 Å². The Bertz CT molecular complexity index is 1130. The Labute approximate surface area is 157 Å². The van der Waals surface area contributed by atoms with Gasteiger partial charge in [0, 0.05) is 16.7 Å². The van der Waals surface area contributed by atoms with Gasteiger partial charge in [0.15, 0.2) is 5.78 Å². The van der Waals surface area contributed by atoms with Gasteiger partial charge in [-0.1, -0.05) is 91.0 Å². The molecule has 1 heterocycles. The highest BCUT2D eigenvalue weighted by atomic mass is 16.3. The fraction of sp³-hybridized carbons (Fsp3) is 0. The van der Waals surface area contributed by atoms with Crippen molar-refractivity contribution in [3.05, 3.63) is 114 Å². The molecule has 0 amide bonds. The molecule has 0 aliphatic heterocycles. The van der Waals surface area contributed by atoms with Gasteiger partial charge in [-0.3, -0.25) is 10.2 Å². The standard InChI is InChI=1S/C24H17NO2/c25-24-22(23(26)19-14-8-3-9-15-19)20(17-10-4-1-5-11-17)16-21(27-24)18-12-6-2-7-13-18/h1-16,25H. The Kier molecular flexibility index (Phi) is 4.50. The molecule has 3 nitrogen and oxygen atoms in total. The van der Waals surface area contributed by atoms with Gasteiger partial charge in [0.2, 0.25) is 5.55 Å². The second-order valence-electron chi connectivity index (χ2n) is 6.16. The molecule has 130 valence electrons. The highest BCUT2D eigenvalue weighted by Crippen LogP contribution is 2.28. The molecule has 1 aromatic heterocycles. The Morgan fingerprint density at radius 1 is 0.704 bits per heavy atom. The van der Waals surface area contributed by atoms with Crippen LogP contribution in [0.25, 0.3) is 22.5 Å². The van der Waals surface area contributed by atoms with Crippen molar-refractivity contribution in [3.63, 3.8) is 0 Å². The molecule has 0 spiro atoms. The smallest absolute Gasteiger partial charge is 0.223 e. The van der Waals surface area contributed by atoms with Crippen LogP contribution in [0.4, 0.5) is 0 Å². The van der Waals surface area contributed by atoms with Crippen LogP contribution in [-0.4, -0.2) is 5.78 Å². The van der Waals surface area contributed by atoms with Gasteiger partial charge in [-0.25, -0.2) is 0 Å². The van der Waals surface area contributed by atoms with Gasteiger partial charge < -0.3 is 4.42 Å². The number of carbonyl (C=O) groups excluding carboxylic acids is 1. The zero-order valence-corrected chi connectivity index (χ0v) is 14.6. The van der Waals surface area contributed by atoms with Crippen LogP contribution in [0.15, 0.2) is 101 Å². The number of hydrogen-bond acceptors (Lipinski definition) is 3. The van der Waals surface area contributed by atoms with E-state index >= 15 is 0 Å². The van der Waals surface area contributed by atoms with Crippen LogP contribution >= 0.6 is 0 Å². The summed E-state index contributed by atoms with van der Waals surface area (Å²) in [6.45, 7) is 0. The summed E-state index contributed by atoms with van der Waals surface area (Å²) in [5.74, 6) is 0.340. The number of benzene rings is 3. The van der Waals surface area contributed by atoms with E-state index in [0.717, 1.165) is 11.1 Å². The van der Waals surface area contributed by atoms with Crippen molar-refractivity contribution in [2.24, 2.45) is 0 Å². The fourth-order valence-electron chi connectivity index (χ4n) is 3.07. The van der Waals surface area contributed by atoms with Gasteiger partial charge in [0.25, 0.3) is 0 Å². The normalized spacial score (nSPS) is 10.5. The summed E-state index contributed by atoms with van der Waals surface area (Å²) in [5.41, 5.74) is 3.10. The van der Waals surface area contributed by atoms with Crippen molar-refractivity contribution >= 4 is 5.78 Å². The molecule has 3 aromatic carbocycles. The maximum Gasteiger partial charge on any atom is 0.223 e. The Balaban J connectivity index is 1.96. The summed E-state index contributed by atoms with van der Waals surface area (Å²) in [6, 6.07) is 30.1. The largest absolute Gasteiger partial charge is 0.438 e. The van der Waals surface area contributed by atoms with Gasteiger partial charge >= 0.3 is 0 Å². The van der Waals surface area contributed by atoms with Crippen LogP contribution in [0.2, 0.25) is 0 Å². The summed E-state index contributed by atoms with van der Waals surface area (Å²) in [7, 11) is 0. The SMILES string of the molecule is N=c1oc(-c2ccccc2)cc(-c2ccccc2)c1C(=O)c1ccccc1. The number of ketones is 1. The lowest BCUT2D eigenvalue weighted by Gasteiger charge is -2.11. The first kappa shape index (κ1) is 16.7. The second-order valence-corrected chi connectivity index (χ2v) is 6.16. The molecule has 1 N–H and O–H groups in total. The monoisotopic (exact) mass is 351 g/mol.